The molecule has 8 rings (SSSR count). The number of hydrogen-bond donors (Lipinski definition) is 3. The Morgan fingerprint density at radius 1 is 0.905 bits per heavy atom. The van der Waals surface area contributed by atoms with Crippen molar-refractivity contribution in [1.29, 1.82) is 5.26 Å². The lowest BCUT2D eigenvalue weighted by Crippen LogP contribution is -2.54. The van der Waals surface area contributed by atoms with Crippen molar-refractivity contribution in [3.05, 3.63) is 118 Å². The number of rotatable bonds is 13. The quantitative estimate of drug-likeness (QED) is 0.0890. The summed E-state index contributed by atoms with van der Waals surface area (Å²) in [4.78, 5) is 67.4. The molecule has 2 saturated heterocycles. The largest absolute Gasteiger partial charge is 0.494 e. The molecule has 2 fully saturated rings. The van der Waals surface area contributed by atoms with Crippen LogP contribution in [0, 0.1) is 16.7 Å². The fourth-order valence-corrected chi connectivity index (χ4v) is 9.91. The van der Waals surface area contributed by atoms with E-state index in [1.54, 1.807) is 24.3 Å². The van der Waals surface area contributed by atoms with Gasteiger partial charge in [0, 0.05) is 42.3 Å². The van der Waals surface area contributed by atoms with E-state index in [0.717, 1.165) is 69.2 Å². The molecule has 4 aliphatic rings. The summed E-state index contributed by atoms with van der Waals surface area (Å²) in [5, 5.41) is 18.1. The van der Waals surface area contributed by atoms with Gasteiger partial charge in [0.15, 0.2) is 0 Å². The molecule has 0 radical (unpaired) electrons. The molecule has 324 valence electrons. The summed E-state index contributed by atoms with van der Waals surface area (Å²) >= 11 is 1.11. The molecular formula is C47H43F3N6O6S. The number of nitrogens with one attached hydrogen (secondary N) is 3. The first-order valence-corrected chi connectivity index (χ1v) is 21.5. The van der Waals surface area contributed by atoms with Gasteiger partial charge in [-0.1, -0.05) is 54.2 Å². The smallest absolute Gasteiger partial charge is 0.417 e. The number of thioether (sulfide) groups is 1. The van der Waals surface area contributed by atoms with Gasteiger partial charge in [-0.3, -0.25) is 39.5 Å². The third kappa shape index (κ3) is 8.42. The first kappa shape index (κ1) is 43.2. The number of nitrogens with zero attached hydrogens (tertiary/aromatic N) is 3. The summed E-state index contributed by atoms with van der Waals surface area (Å²) in [5.41, 5.74) is 2.56. The fourth-order valence-electron chi connectivity index (χ4n) is 8.55. The number of nitriles is 1. The van der Waals surface area contributed by atoms with Crippen molar-refractivity contribution in [2.75, 3.05) is 36.5 Å². The molecule has 16 heteroatoms. The van der Waals surface area contributed by atoms with Gasteiger partial charge in [0.25, 0.3) is 11.8 Å². The molecular weight excluding hydrogens is 834 g/mol. The number of carbonyl (C=O) groups is 5. The van der Waals surface area contributed by atoms with Crippen LogP contribution in [-0.4, -0.2) is 72.1 Å². The molecule has 2 atom stereocenters. The number of amides is 4. The molecule has 4 heterocycles. The summed E-state index contributed by atoms with van der Waals surface area (Å²) in [6, 6.07) is 25.0. The van der Waals surface area contributed by atoms with E-state index in [0.29, 0.717) is 43.4 Å². The van der Waals surface area contributed by atoms with Gasteiger partial charge in [0.2, 0.25) is 16.9 Å². The van der Waals surface area contributed by atoms with Gasteiger partial charge in [0.05, 0.1) is 40.3 Å². The maximum atomic E-state index is 13.9. The minimum atomic E-state index is -4.69. The van der Waals surface area contributed by atoms with Crippen LogP contribution < -0.4 is 25.6 Å². The van der Waals surface area contributed by atoms with E-state index in [2.05, 4.69) is 16.0 Å². The second-order valence-corrected chi connectivity index (χ2v) is 17.3. The third-order valence-corrected chi connectivity index (χ3v) is 13.2. The maximum Gasteiger partial charge on any atom is 0.417 e. The van der Waals surface area contributed by atoms with E-state index < -0.39 is 58.6 Å². The van der Waals surface area contributed by atoms with Crippen LogP contribution in [0.25, 0.3) is 16.7 Å². The summed E-state index contributed by atoms with van der Waals surface area (Å²) in [6.07, 6.45) is -2.69. The highest BCUT2D eigenvalue weighted by Crippen LogP contribution is 2.53. The number of anilines is 2. The van der Waals surface area contributed by atoms with E-state index in [1.165, 1.54) is 12.1 Å². The predicted molar refractivity (Wildman–Crippen MR) is 231 cm³/mol. The van der Waals surface area contributed by atoms with Crippen molar-refractivity contribution >= 4 is 57.5 Å². The highest BCUT2D eigenvalue weighted by atomic mass is 32.2. The summed E-state index contributed by atoms with van der Waals surface area (Å²) < 4.78 is 47.6. The first-order chi connectivity index (χ1) is 30.2. The third-order valence-electron chi connectivity index (χ3n) is 11.8. The minimum Gasteiger partial charge on any atom is -0.494 e. The molecule has 4 aromatic carbocycles. The Hall–Kier alpha value is -6.44. The number of piperidine rings is 1. The van der Waals surface area contributed by atoms with E-state index in [-0.39, 0.29) is 29.1 Å². The van der Waals surface area contributed by atoms with Crippen molar-refractivity contribution in [2.45, 2.75) is 64.3 Å². The molecule has 0 saturated carbocycles. The normalized spacial score (nSPS) is 19.7. The molecule has 4 aliphatic heterocycles. The molecule has 0 spiro atoms. The molecule has 2 unspecified atom stereocenters. The molecule has 12 nitrogen and oxygen atoms in total. The number of hydrogen-bond acceptors (Lipinski definition) is 11. The van der Waals surface area contributed by atoms with Gasteiger partial charge in [0.1, 0.15) is 18.0 Å². The average Bonchev–Trinajstić information content (AvgIpc) is 3.92. The van der Waals surface area contributed by atoms with Crippen molar-refractivity contribution in [2.24, 2.45) is 5.41 Å². The van der Waals surface area contributed by atoms with Gasteiger partial charge in [-0.25, -0.2) is 0 Å². The Labute approximate surface area is 365 Å². The summed E-state index contributed by atoms with van der Waals surface area (Å²) in [7, 11) is 0. The number of benzene rings is 4. The predicted octanol–water partition coefficient (Wildman–Crippen LogP) is 7.75. The average molecular weight is 877 g/mol. The Bertz CT molecular complexity index is 2590. The van der Waals surface area contributed by atoms with Crippen molar-refractivity contribution in [3.8, 4) is 22.9 Å². The topological polar surface area (TPSA) is 161 Å². The van der Waals surface area contributed by atoms with Crippen molar-refractivity contribution in [1.82, 2.24) is 15.5 Å². The van der Waals surface area contributed by atoms with Crippen LogP contribution in [0.4, 0.5) is 24.5 Å². The highest BCUT2D eigenvalue weighted by Gasteiger charge is 2.47. The van der Waals surface area contributed by atoms with Crippen molar-refractivity contribution < 1.29 is 41.9 Å². The number of fused-ring (bicyclic) bond motifs is 1. The Morgan fingerprint density at radius 2 is 1.62 bits per heavy atom. The number of halogens is 3. The van der Waals surface area contributed by atoms with Gasteiger partial charge in [-0.15, -0.1) is 0 Å². The monoisotopic (exact) mass is 876 g/mol. The van der Waals surface area contributed by atoms with Crippen LogP contribution in [0.2, 0.25) is 0 Å². The second-order valence-electron chi connectivity index (χ2n) is 16.3. The lowest BCUT2D eigenvalue weighted by molar-refractivity contribution is -0.138. The lowest BCUT2D eigenvalue weighted by atomic mass is 9.80. The number of carbonyl (C=O) groups excluding carboxylic acids is 5. The number of ether oxygens (including phenoxy) is 1. The molecule has 3 N–H and O–H groups in total. The minimum absolute atomic E-state index is 0.0543. The van der Waals surface area contributed by atoms with Crippen LogP contribution in [0.5, 0.6) is 5.75 Å². The Morgan fingerprint density at radius 3 is 2.32 bits per heavy atom. The van der Waals surface area contributed by atoms with Crippen LogP contribution in [0.3, 0.4) is 0 Å². The van der Waals surface area contributed by atoms with E-state index >= 15 is 0 Å². The Kier molecular flexibility index (Phi) is 11.9. The SMILES string of the molecule is CC1(C)C(=O)SC(C2NCCN2c2ccc(C#N)c(C(F)(F)F)c2)=C1c1ccc(-c2ccc(OCCCCCNc3cccc4c3C(=O)N(C3CCC(=O)NC3=O)C4=O)cc2)cc1. The van der Waals surface area contributed by atoms with Gasteiger partial charge >= 0.3 is 6.18 Å². The number of unbranched alkanes of at least 4 members (excludes halogenated alkanes) is 2. The zero-order valence-electron chi connectivity index (χ0n) is 34.4. The fraction of sp³-hybridized carbons (Fsp3) is 0.319. The highest BCUT2D eigenvalue weighted by molar-refractivity contribution is 8.17. The molecule has 4 amide bonds. The van der Waals surface area contributed by atoms with E-state index in [1.807, 2.05) is 67.3 Å². The summed E-state index contributed by atoms with van der Waals surface area (Å²) in [6.45, 7) is 5.68. The van der Waals surface area contributed by atoms with Crippen LogP contribution in [-0.2, 0) is 20.6 Å². The zero-order chi connectivity index (χ0) is 44.6. The maximum absolute atomic E-state index is 13.9. The molecule has 0 aliphatic carbocycles. The van der Waals surface area contributed by atoms with Crippen LogP contribution in [0.1, 0.15) is 83.4 Å². The van der Waals surface area contributed by atoms with Crippen molar-refractivity contribution in [3.63, 3.8) is 0 Å². The number of imide groups is 2. The molecule has 63 heavy (non-hydrogen) atoms. The van der Waals surface area contributed by atoms with Gasteiger partial charge in [-0.2, -0.15) is 18.4 Å². The summed E-state index contributed by atoms with van der Waals surface area (Å²) in [5.74, 6) is -1.45. The lowest BCUT2D eigenvalue weighted by Gasteiger charge is -2.29. The second kappa shape index (κ2) is 17.4. The first-order valence-electron chi connectivity index (χ1n) is 20.7. The Balaban J connectivity index is 0.854. The van der Waals surface area contributed by atoms with Crippen LogP contribution in [0.15, 0.2) is 89.8 Å². The molecule has 0 aromatic heterocycles. The van der Waals surface area contributed by atoms with Gasteiger partial charge in [-0.05, 0) is 104 Å². The molecule has 0 bridgehead atoms. The number of allylic oxidation sites excluding steroid dienone is 1. The standard InChI is InChI=1S/C47H43F3N6O6S/c1-46(2)39(40(63-45(46)61)41-53-22-23-55(41)31-16-13-30(26-51)34(25-31)47(48,49)50)29-11-9-27(10-12-29)28-14-17-32(18-15-28)62-24-5-3-4-21-52-35-8-6-7-33-38(35)44(60)56(43(33)59)36-19-20-37(57)54-42(36)58/h6-18,25,36,41,52-53H,3-5,19-24H2,1-2H3,(H,54,57,58). The zero-order valence-corrected chi connectivity index (χ0v) is 35.3. The van der Waals surface area contributed by atoms with E-state index in [4.69, 9.17) is 4.74 Å². The number of alkyl halides is 3. The van der Waals surface area contributed by atoms with Gasteiger partial charge < -0.3 is 15.0 Å². The van der Waals surface area contributed by atoms with E-state index in [9.17, 15) is 42.4 Å². The van der Waals surface area contributed by atoms with Crippen LogP contribution >= 0.6 is 11.8 Å². The molecule has 4 aromatic rings.